The number of aromatic nitrogens is 1. The van der Waals surface area contributed by atoms with Crippen molar-refractivity contribution >= 4 is 5.91 Å². The predicted octanol–water partition coefficient (Wildman–Crippen LogP) is 2.10. The third kappa shape index (κ3) is 3.95. The first-order valence-corrected chi connectivity index (χ1v) is 6.82. The summed E-state index contributed by atoms with van der Waals surface area (Å²) >= 11 is 0. The van der Waals surface area contributed by atoms with Crippen molar-refractivity contribution < 1.29 is 18.5 Å². The van der Waals surface area contributed by atoms with E-state index in [2.05, 4.69) is 5.16 Å². The molecule has 0 radical (unpaired) electrons. The second-order valence-electron chi connectivity index (χ2n) is 4.87. The summed E-state index contributed by atoms with van der Waals surface area (Å²) in [5.74, 6) is 1.43. The molecular weight excluding hydrogens is 272 g/mol. The van der Waals surface area contributed by atoms with Gasteiger partial charge in [-0.2, -0.15) is 0 Å². The first kappa shape index (κ1) is 15.3. The fraction of sp³-hybridized carbons (Fsp3) is 0.467. The molecule has 0 atom stereocenters. The van der Waals surface area contributed by atoms with Crippen molar-refractivity contribution in [2.24, 2.45) is 0 Å². The molecule has 6 heteroatoms. The molecule has 6 nitrogen and oxygen atoms in total. The molecular formula is C15H20N2O4. The maximum Gasteiger partial charge on any atom is 0.227 e. The minimum atomic E-state index is -0.00199. The maximum atomic E-state index is 12.5. The third-order valence-corrected chi connectivity index (χ3v) is 3.35. The Morgan fingerprint density at radius 1 is 1.43 bits per heavy atom. The molecule has 0 aliphatic carbocycles. The number of rotatable bonds is 7. The lowest BCUT2D eigenvalue weighted by molar-refractivity contribution is -0.132. The Kier molecular flexibility index (Phi) is 5.16. The highest BCUT2D eigenvalue weighted by Gasteiger charge is 2.19. The molecule has 0 spiro atoms. The Balaban J connectivity index is 2.06. The Bertz CT molecular complexity index is 555. The molecule has 0 aliphatic heterocycles. The summed E-state index contributed by atoms with van der Waals surface area (Å²) in [5, 5.41) is 3.88. The van der Waals surface area contributed by atoms with Crippen LogP contribution in [-0.2, 0) is 22.5 Å². The van der Waals surface area contributed by atoms with Gasteiger partial charge < -0.3 is 18.6 Å². The third-order valence-electron chi connectivity index (χ3n) is 3.35. The average Bonchev–Trinajstić information content (AvgIpc) is 3.08. The lowest BCUT2D eigenvalue weighted by atomic mass is 10.1. The Morgan fingerprint density at radius 2 is 2.24 bits per heavy atom. The van der Waals surface area contributed by atoms with E-state index >= 15 is 0 Å². The molecule has 0 fully saturated rings. The molecule has 0 aliphatic rings. The summed E-state index contributed by atoms with van der Waals surface area (Å²) in [6, 6.07) is 3.66. The highest BCUT2D eigenvalue weighted by atomic mass is 16.5. The van der Waals surface area contributed by atoms with Crippen LogP contribution in [0.3, 0.4) is 0 Å². The van der Waals surface area contributed by atoms with Crippen LogP contribution in [0.15, 0.2) is 27.3 Å². The summed E-state index contributed by atoms with van der Waals surface area (Å²) in [6.45, 7) is 5.08. The van der Waals surface area contributed by atoms with Gasteiger partial charge >= 0.3 is 0 Å². The number of carbonyl (C=O) groups is 1. The first-order valence-electron chi connectivity index (χ1n) is 6.82. The summed E-state index contributed by atoms with van der Waals surface area (Å²) in [5.41, 5.74) is 1.60. The number of furan rings is 1. The van der Waals surface area contributed by atoms with Gasteiger partial charge in [-0.25, -0.2) is 0 Å². The van der Waals surface area contributed by atoms with Gasteiger partial charge in [0.2, 0.25) is 5.91 Å². The molecule has 2 aromatic rings. The van der Waals surface area contributed by atoms with Gasteiger partial charge in [0.25, 0.3) is 0 Å². The number of methoxy groups -OCH3 is 1. The monoisotopic (exact) mass is 292 g/mol. The molecule has 2 aromatic heterocycles. The zero-order valence-electron chi connectivity index (χ0n) is 12.6. The lowest BCUT2D eigenvalue weighted by Gasteiger charge is -2.21. The Labute approximate surface area is 123 Å². The van der Waals surface area contributed by atoms with Crippen molar-refractivity contribution in [1.29, 1.82) is 0 Å². The molecule has 0 unspecified atom stereocenters. The molecule has 0 saturated heterocycles. The summed E-state index contributed by atoms with van der Waals surface area (Å²) in [4.78, 5) is 14.2. The van der Waals surface area contributed by atoms with Crippen molar-refractivity contribution in [3.05, 3.63) is 41.2 Å². The smallest absolute Gasteiger partial charge is 0.227 e. The Hall–Kier alpha value is -2.08. The number of carbonyl (C=O) groups excluding carboxylic acids is 1. The highest BCUT2D eigenvalue weighted by Crippen LogP contribution is 2.15. The largest absolute Gasteiger partial charge is 0.467 e. The topological polar surface area (TPSA) is 68.7 Å². The normalized spacial score (nSPS) is 10.8. The molecule has 0 bridgehead atoms. The van der Waals surface area contributed by atoms with Crippen molar-refractivity contribution in [2.45, 2.75) is 26.8 Å². The fourth-order valence-electron chi connectivity index (χ4n) is 2.10. The van der Waals surface area contributed by atoms with Gasteiger partial charge in [0, 0.05) is 19.2 Å². The van der Waals surface area contributed by atoms with Crippen LogP contribution in [0.25, 0.3) is 0 Å². The number of amides is 1. The molecule has 0 saturated carbocycles. The van der Waals surface area contributed by atoms with Crippen LogP contribution in [-0.4, -0.2) is 36.2 Å². The van der Waals surface area contributed by atoms with Crippen LogP contribution in [0.1, 0.15) is 22.8 Å². The summed E-state index contributed by atoms with van der Waals surface area (Å²) < 4.78 is 15.5. The lowest BCUT2D eigenvalue weighted by Crippen LogP contribution is -2.34. The predicted molar refractivity (Wildman–Crippen MR) is 75.7 cm³/mol. The van der Waals surface area contributed by atoms with E-state index in [4.69, 9.17) is 13.7 Å². The van der Waals surface area contributed by atoms with E-state index in [-0.39, 0.29) is 12.3 Å². The number of nitrogens with zero attached hydrogens (tertiary/aromatic N) is 2. The molecule has 0 N–H and O–H groups in total. The van der Waals surface area contributed by atoms with E-state index in [1.54, 1.807) is 18.3 Å². The van der Waals surface area contributed by atoms with Crippen LogP contribution in [0.4, 0.5) is 0 Å². The van der Waals surface area contributed by atoms with E-state index in [0.717, 1.165) is 17.0 Å². The number of ether oxygens (including phenoxy) is 1. The second-order valence-corrected chi connectivity index (χ2v) is 4.87. The molecule has 21 heavy (non-hydrogen) atoms. The van der Waals surface area contributed by atoms with Crippen LogP contribution in [0, 0.1) is 13.8 Å². The Morgan fingerprint density at radius 3 is 2.81 bits per heavy atom. The maximum absolute atomic E-state index is 12.5. The first-order chi connectivity index (χ1) is 10.1. The van der Waals surface area contributed by atoms with Crippen molar-refractivity contribution in [3.63, 3.8) is 0 Å². The van der Waals surface area contributed by atoms with Crippen molar-refractivity contribution in [2.75, 3.05) is 20.3 Å². The minimum Gasteiger partial charge on any atom is -0.467 e. The standard InChI is InChI=1S/C15H20N2O4/c1-11-14(12(2)21-16-11)9-15(18)17(6-8-19-3)10-13-5-4-7-20-13/h4-5,7H,6,8-10H2,1-3H3. The molecule has 114 valence electrons. The SMILES string of the molecule is COCCN(Cc1ccco1)C(=O)Cc1c(C)noc1C. The zero-order valence-corrected chi connectivity index (χ0v) is 12.6. The quantitative estimate of drug-likeness (QED) is 0.781. The number of hydrogen-bond donors (Lipinski definition) is 0. The van der Waals surface area contributed by atoms with Gasteiger partial charge in [-0.1, -0.05) is 5.16 Å². The average molecular weight is 292 g/mol. The van der Waals surface area contributed by atoms with Gasteiger partial charge in [-0.05, 0) is 26.0 Å². The number of hydrogen-bond acceptors (Lipinski definition) is 5. The van der Waals surface area contributed by atoms with Gasteiger partial charge in [-0.15, -0.1) is 0 Å². The van der Waals surface area contributed by atoms with Crippen LogP contribution >= 0.6 is 0 Å². The van der Waals surface area contributed by atoms with E-state index in [9.17, 15) is 4.79 Å². The van der Waals surface area contributed by atoms with E-state index in [1.807, 2.05) is 26.0 Å². The van der Waals surface area contributed by atoms with Crippen molar-refractivity contribution in [3.8, 4) is 0 Å². The van der Waals surface area contributed by atoms with E-state index in [1.165, 1.54) is 0 Å². The molecule has 0 aromatic carbocycles. The van der Waals surface area contributed by atoms with Gasteiger partial charge in [0.05, 0.1) is 31.5 Å². The van der Waals surface area contributed by atoms with Crippen LogP contribution in [0.2, 0.25) is 0 Å². The molecule has 2 heterocycles. The van der Waals surface area contributed by atoms with Crippen LogP contribution < -0.4 is 0 Å². The van der Waals surface area contributed by atoms with E-state index < -0.39 is 0 Å². The zero-order chi connectivity index (χ0) is 15.2. The van der Waals surface area contributed by atoms with Gasteiger partial charge in [0.15, 0.2) is 0 Å². The van der Waals surface area contributed by atoms with Crippen LogP contribution in [0.5, 0.6) is 0 Å². The number of aryl methyl sites for hydroxylation is 2. The summed E-state index contributed by atoms with van der Waals surface area (Å²) in [7, 11) is 1.61. The van der Waals surface area contributed by atoms with Gasteiger partial charge in [-0.3, -0.25) is 4.79 Å². The van der Waals surface area contributed by atoms with Gasteiger partial charge in [0.1, 0.15) is 11.5 Å². The molecule has 1 amide bonds. The van der Waals surface area contributed by atoms with Crippen molar-refractivity contribution in [1.82, 2.24) is 10.1 Å². The highest BCUT2D eigenvalue weighted by molar-refractivity contribution is 5.79. The minimum absolute atomic E-state index is 0.00199. The van der Waals surface area contributed by atoms with E-state index in [0.29, 0.717) is 25.5 Å². The molecule has 2 rings (SSSR count). The fourth-order valence-corrected chi connectivity index (χ4v) is 2.10. The summed E-state index contributed by atoms with van der Waals surface area (Å²) in [6.07, 6.45) is 1.87. The second kappa shape index (κ2) is 7.08.